The van der Waals surface area contributed by atoms with E-state index in [4.69, 9.17) is 16.3 Å². The van der Waals surface area contributed by atoms with Crippen molar-refractivity contribution in [2.24, 2.45) is 0 Å². The number of hydrogen-bond acceptors (Lipinski definition) is 2. The van der Waals surface area contributed by atoms with Crippen LogP contribution in [0.2, 0.25) is 5.02 Å². The Balaban J connectivity index is 1.66. The van der Waals surface area contributed by atoms with Crippen molar-refractivity contribution in [3.63, 3.8) is 0 Å². The third kappa shape index (κ3) is 5.36. The Kier molecular flexibility index (Phi) is 6.05. The van der Waals surface area contributed by atoms with Crippen molar-refractivity contribution in [3.05, 3.63) is 59.4 Å². The first-order chi connectivity index (χ1) is 12.4. The fourth-order valence-electron chi connectivity index (χ4n) is 3.63. The number of benzene rings is 1. The summed E-state index contributed by atoms with van der Waals surface area (Å²) in [6.07, 6.45) is 6.24. The maximum Gasteiger partial charge on any atom is 0.220 e. The fourth-order valence-corrected chi connectivity index (χ4v) is 3.76. The predicted molar refractivity (Wildman–Crippen MR) is 104 cm³/mol. The average molecular weight is 375 g/mol. The summed E-state index contributed by atoms with van der Waals surface area (Å²) in [5, 5.41) is 3.92. The number of nitrogens with zero attached hydrogens (tertiary/aromatic N) is 1. The Morgan fingerprint density at radius 3 is 2.65 bits per heavy atom. The number of nitrogens with one attached hydrogen (secondary N) is 1. The molecule has 1 N–H and O–H groups in total. The minimum atomic E-state index is -0.170. The number of amides is 1. The molecule has 2 heterocycles. The van der Waals surface area contributed by atoms with E-state index in [2.05, 4.69) is 23.7 Å². The number of halogens is 1. The van der Waals surface area contributed by atoms with Crippen LogP contribution in [0, 0.1) is 0 Å². The first kappa shape index (κ1) is 19.0. The first-order valence-corrected chi connectivity index (χ1v) is 9.59. The second-order valence-corrected chi connectivity index (χ2v) is 8.13. The van der Waals surface area contributed by atoms with Crippen molar-refractivity contribution in [1.82, 2.24) is 9.88 Å². The molecule has 0 aliphatic carbocycles. The molecule has 0 saturated carbocycles. The third-order valence-corrected chi connectivity index (χ3v) is 5.18. The van der Waals surface area contributed by atoms with E-state index in [1.54, 1.807) is 0 Å². The number of aromatic nitrogens is 1. The summed E-state index contributed by atoms with van der Waals surface area (Å²) in [4.78, 5) is 12.7. The zero-order chi connectivity index (χ0) is 18.6. The van der Waals surface area contributed by atoms with Gasteiger partial charge in [0.2, 0.25) is 5.91 Å². The second-order valence-electron chi connectivity index (χ2n) is 7.70. The van der Waals surface area contributed by atoms with E-state index in [1.807, 2.05) is 48.8 Å². The van der Waals surface area contributed by atoms with Crippen LogP contribution in [-0.2, 0) is 16.1 Å². The molecule has 0 unspecified atom stereocenters. The van der Waals surface area contributed by atoms with Crippen molar-refractivity contribution in [3.8, 4) is 0 Å². The van der Waals surface area contributed by atoms with E-state index in [1.165, 1.54) is 0 Å². The highest BCUT2D eigenvalue weighted by Gasteiger charge is 2.30. The lowest BCUT2D eigenvalue weighted by Gasteiger charge is -2.36. The van der Waals surface area contributed by atoms with Gasteiger partial charge in [-0.15, -0.1) is 0 Å². The van der Waals surface area contributed by atoms with Crippen molar-refractivity contribution in [1.29, 1.82) is 0 Å². The van der Waals surface area contributed by atoms with E-state index in [0.29, 0.717) is 18.1 Å². The molecule has 2 atom stereocenters. The van der Waals surface area contributed by atoms with E-state index >= 15 is 0 Å². The molecular formula is C21H27ClN2O2. The first-order valence-electron chi connectivity index (χ1n) is 9.21. The van der Waals surface area contributed by atoms with Gasteiger partial charge in [0, 0.05) is 48.9 Å². The van der Waals surface area contributed by atoms with Gasteiger partial charge in [0.15, 0.2) is 0 Å². The Hall–Kier alpha value is -1.78. The maximum atomic E-state index is 12.7. The molecule has 140 valence electrons. The number of carbonyl (C=O) groups is 1. The van der Waals surface area contributed by atoms with Crippen LogP contribution >= 0.6 is 11.6 Å². The highest BCUT2D eigenvalue weighted by molar-refractivity contribution is 6.30. The molecule has 1 aromatic carbocycles. The normalized spacial score (nSPS) is 20.5. The lowest BCUT2D eigenvalue weighted by Crippen LogP contribution is -2.46. The Morgan fingerprint density at radius 1 is 1.31 bits per heavy atom. The van der Waals surface area contributed by atoms with Gasteiger partial charge in [0.05, 0.1) is 5.60 Å². The molecule has 1 aromatic heterocycles. The SMILES string of the molecule is CC1(C)C[C@@H](NC(=O)C[C@H](Cn2cccc2)c2ccc(Cl)cc2)CCO1. The number of carbonyl (C=O) groups excluding carboxylic acids is 1. The molecule has 26 heavy (non-hydrogen) atoms. The van der Waals surface area contributed by atoms with Gasteiger partial charge in [0.25, 0.3) is 0 Å². The Bertz CT molecular complexity index is 710. The van der Waals surface area contributed by atoms with Gasteiger partial charge in [-0.1, -0.05) is 23.7 Å². The van der Waals surface area contributed by atoms with E-state index < -0.39 is 0 Å². The second kappa shape index (κ2) is 8.28. The third-order valence-electron chi connectivity index (χ3n) is 4.93. The summed E-state index contributed by atoms with van der Waals surface area (Å²) in [5.74, 6) is 0.201. The molecule has 4 nitrogen and oxygen atoms in total. The lowest BCUT2D eigenvalue weighted by atomic mass is 9.92. The van der Waals surface area contributed by atoms with E-state index in [0.717, 1.165) is 24.9 Å². The van der Waals surface area contributed by atoms with Gasteiger partial charge >= 0.3 is 0 Å². The number of hydrogen-bond donors (Lipinski definition) is 1. The molecule has 1 fully saturated rings. The van der Waals surface area contributed by atoms with Gasteiger partial charge in [-0.2, -0.15) is 0 Å². The topological polar surface area (TPSA) is 43.3 Å². The summed E-state index contributed by atoms with van der Waals surface area (Å²) in [6, 6.07) is 12.0. The largest absolute Gasteiger partial charge is 0.375 e. The summed E-state index contributed by atoms with van der Waals surface area (Å²) >= 11 is 6.02. The molecule has 1 saturated heterocycles. The van der Waals surface area contributed by atoms with Crippen LogP contribution in [0.15, 0.2) is 48.8 Å². The Labute approximate surface area is 160 Å². The monoisotopic (exact) mass is 374 g/mol. The van der Waals surface area contributed by atoms with Crippen LogP contribution in [0.1, 0.15) is 44.6 Å². The maximum absolute atomic E-state index is 12.7. The van der Waals surface area contributed by atoms with Crippen molar-refractivity contribution >= 4 is 17.5 Å². The van der Waals surface area contributed by atoms with Gasteiger partial charge in [-0.05, 0) is 56.5 Å². The van der Waals surface area contributed by atoms with Gasteiger partial charge in [-0.25, -0.2) is 0 Å². The molecule has 2 aromatic rings. The number of ether oxygens (including phenoxy) is 1. The van der Waals surface area contributed by atoms with Crippen LogP contribution in [0.4, 0.5) is 0 Å². The summed E-state index contributed by atoms with van der Waals surface area (Å²) in [6.45, 7) is 5.62. The molecule has 1 amide bonds. The Morgan fingerprint density at radius 2 is 2.00 bits per heavy atom. The summed E-state index contributed by atoms with van der Waals surface area (Å²) in [7, 11) is 0. The minimum absolute atomic E-state index is 0.0970. The number of rotatable bonds is 6. The molecule has 0 bridgehead atoms. The quantitative estimate of drug-likeness (QED) is 0.814. The van der Waals surface area contributed by atoms with Crippen molar-refractivity contribution in [2.75, 3.05) is 6.61 Å². The van der Waals surface area contributed by atoms with E-state index in [-0.39, 0.29) is 23.5 Å². The lowest BCUT2D eigenvalue weighted by molar-refractivity contribution is -0.124. The standard InChI is InChI=1S/C21H27ClN2O2/c1-21(2)14-19(9-12-26-21)23-20(25)13-17(15-24-10-3-4-11-24)16-5-7-18(22)8-6-16/h3-8,10-11,17,19H,9,12-15H2,1-2H3,(H,23,25)/t17-,19+/m1/s1. The predicted octanol–water partition coefficient (Wildman–Crippen LogP) is 4.39. The average Bonchev–Trinajstić information content (AvgIpc) is 3.07. The minimum Gasteiger partial charge on any atom is -0.375 e. The highest BCUT2D eigenvalue weighted by Crippen LogP contribution is 2.26. The molecule has 0 spiro atoms. The van der Waals surface area contributed by atoms with Gasteiger partial charge in [0.1, 0.15) is 0 Å². The van der Waals surface area contributed by atoms with Gasteiger partial charge in [-0.3, -0.25) is 4.79 Å². The van der Waals surface area contributed by atoms with Crippen LogP contribution in [-0.4, -0.2) is 28.7 Å². The van der Waals surface area contributed by atoms with Crippen molar-refractivity contribution < 1.29 is 9.53 Å². The van der Waals surface area contributed by atoms with E-state index in [9.17, 15) is 4.79 Å². The molecule has 3 rings (SSSR count). The smallest absolute Gasteiger partial charge is 0.220 e. The molecule has 1 aliphatic heterocycles. The van der Waals surface area contributed by atoms with Gasteiger partial charge < -0.3 is 14.6 Å². The van der Waals surface area contributed by atoms with Crippen LogP contribution in [0.25, 0.3) is 0 Å². The van der Waals surface area contributed by atoms with Crippen molar-refractivity contribution in [2.45, 2.75) is 57.2 Å². The summed E-state index contributed by atoms with van der Waals surface area (Å²) < 4.78 is 7.86. The highest BCUT2D eigenvalue weighted by atomic mass is 35.5. The molecule has 0 radical (unpaired) electrons. The zero-order valence-electron chi connectivity index (χ0n) is 15.5. The molecule has 5 heteroatoms. The fraction of sp³-hybridized carbons (Fsp3) is 0.476. The van der Waals surface area contributed by atoms with Crippen LogP contribution in [0.3, 0.4) is 0 Å². The summed E-state index contributed by atoms with van der Waals surface area (Å²) in [5.41, 5.74) is 0.960. The molecular weight excluding hydrogens is 348 g/mol. The molecule has 1 aliphatic rings. The van der Waals surface area contributed by atoms with Crippen LogP contribution in [0.5, 0.6) is 0 Å². The zero-order valence-corrected chi connectivity index (χ0v) is 16.2. The van der Waals surface area contributed by atoms with Crippen LogP contribution < -0.4 is 5.32 Å².